The Kier molecular flexibility index (Phi) is 5.82. The molecule has 0 aliphatic heterocycles. The first-order chi connectivity index (χ1) is 12.6. The molecule has 3 aromatic rings. The van der Waals surface area contributed by atoms with E-state index in [1.165, 1.54) is 16.0 Å². The third kappa shape index (κ3) is 4.58. The second kappa shape index (κ2) is 8.45. The van der Waals surface area contributed by atoms with Crippen LogP contribution in [0.1, 0.15) is 21.5 Å². The van der Waals surface area contributed by atoms with Gasteiger partial charge in [-0.2, -0.15) is 0 Å². The number of benzene rings is 3. The third-order valence-corrected chi connectivity index (χ3v) is 4.36. The van der Waals surface area contributed by atoms with Gasteiger partial charge in [-0.3, -0.25) is 4.79 Å². The molecule has 132 valence electrons. The van der Waals surface area contributed by atoms with Crippen molar-refractivity contribution in [2.45, 2.75) is 13.1 Å². The highest BCUT2D eigenvalue weighted by molar-refractivity contribution is 5.94. The van der Waals surface area contributed by atoms with E-state index in [1.807, 2.05) is 54.6 Å². The summed E-state index contributed by atoms with van der Waals surface area (Å²) in [6.45, 7) is 1.49. The van der Waals surface area contributed by atoms with Gasteiger partial charge in [0.1, 0.15) is 6.54 Å². The molecule has 3 rings (SSSR count). The molecular weight excluding hydrogens is 320 g/mol. The first-order valence-corrected chi connectivity index (χ1v) is 8.93. The predicted molar refractivity (Wildman–Crippen MR) is 106 cm³/mol. The third-order valence-electron chi connectivity index (χ3n) is 4.36. The topological polar surface area (TPSA) is 33.5 Å². The Morgan fingerprint density at radius 1 is 0.769 bits per heavy atom. The van der Waals surface area contributed by atoms with Crippen molar-refractivity contribution in [3.63, 3.8) is 0 Å². The molecule has 0 saturated carbocycles. The van der Waals surface area contributed by atoms with Crippen molar-refractivity contribution in [2.75, 3.05) is 14.1 Å². The summed E-state index contributed by atoms with van der Waals surface area (Å²) in [5, 5.41) is 3.04. The van der Waals surface area contributed by atoms with E-state index in [2.05, 4.69) is 43.7 Å². The van der Waals surface area contributed by atoms with Crippen LogP contribution in [0.3, 0.4) is 0 Å². The molecule has 0 aliphatic rings. The Bertz CT molecular complexity index is 855. The molecule has 0 heterocycles. The number of quaternary nitrogens is 1. The smallest absolute Gasteiger partial charge is 0.251 e. The molecular formula is C23H25N2O+. The van der Waals surface area contributed by atoms with E-state index in [0.29, 0.717) is 12.1 Å². The van der Waals surface area contributed by atoms with Gasteiger partial charge in [-0.1, -0.05) is 66.7 Å². The number of carbonyl (C=O) groups is 1. The van der Waals surface area contributed by atoms with Crippen molar-refractivity contribution >= 4 is 5.91 Å². The van der Waals surface area contributed by atoms with Crippen LogP contribution < -0.4 is 10.2 Å². The molecule has 1 amide bonds. The van der Waals surface area contributed by atoms with Crippen molar-refractivity contribution < 1.29 is 9.69 Å². The summed E-state index contributed by atoms with van der Waals surface area (Å²) in [6, 6.07) is 26.2. The van der Waals surface area contributed by atoms with Crippen LogP contribution in [-0.4, -0.2) is 20.0 Å². The van der Waals surface area contributed by atoms with Crippen LogP contribution in [0.15, 0.2) is 78.9 Å². The van der Waals surface area contributed by atoms with Gasteiger partial charge in [0.05, 0.1) is 14.1 Å². The van der Waals surface area contributed by atoms with Gasteiger partial charge in [-0.15, -0.1) is 0 Å². The zero-order valence-electron chi connectivity index (χ0n) is 15.3. The lowest BCUT2D eigenvalue weighted by atomic mass is 10.0. The van der Waals surface area contributed by atoms with E-state index in [1.54, 1.807) is 0 Å². The lowest BCUT2D eigenvalue weighted by Gasteiger charge is -2.13. The average molecular weight is 345 g/mol. The predicted octanol–water partition coefficient (Wildman–Crippen LogP) is 2.93. The molecule has 0 radical (unpaired) electrons. The van der Waals surface area contributed by atoms with Crippen molar-refractivity contribution in [2.24, 2.45) is 0 Å². The van der Waals surface area contributed by atoms with E-state index in [-0.39, 0.29) is 5.91 Å². The highest BCUT2D eigenvalue weighted by Crippen LogP contribution is 2.19. The second-order valence-electron chi connectivity index (χ2n) is 6.78. The molecule has 0 aromatic heterocycles. The molecule has 0 spiro atoms. The highest BCUT2D eigenvalue weighted by atomic mass is 16.1. The molecule has 0 fully saturated rings. The number of rotatable bonds is 6. The van der Waals surface area contributed by atoms with Crippen molar-refractivity contribution in [1.29, 1.82) is 0 Å². The van der Waals surface area contributed by atoms with Crippen LogP contribution in [0, 0.1) is 0 Å². The summed E-state index contributed by atoms with van der Waals surface area (Å²) >= 11 is 0. The van der Waals surface area contributed by atoms with Crippen LogP contribution in [-0.2, 0) is 13.1 Å². The van der Waals surface area contributed by atoms with Crippen LogP contribution in [0.25, 0.3) is 11.1 Å². The van der Waals surface area contributed by atoms with Crippen molar-refractivity contribution in [1.82, 2.24) is 5.32 Å². The number of nitrogens with one attached hydrogen (secondary N) is 2. The van der Waals surface area contributed by atoms with Crippen LogP contribution >= 0.6 is 0 Å². The lowest BCUT2D eigenvalue weighted by molar-refractivity contribution is -0.872. The van der Waals surface area contributed by atoms with E-state index in [4.69, 9.17) is 0 Å². The number of hydrogen-bond donors (Lipinski definition) is 2. The van der Waals surface area contributed by atoms with Gasteiger partial charge in [-0.05, 0) is 28.8 Å². The fourth-order valence-corrected chi connectivity index (χ4v) is 3.01. The number of amides is 1. The number of carbonyl (C=O) groups excluding carboxylic acids is 1. The van der Waals surface area contributed by atoms with Gasteiger partial charge in [-0.25, -0.2) is 0 Å². The van der Waals surface area contributed by atoms with E-state index < -0.39 is 0 Å². The largest absolute Gasteiger partial charge is 0.348 e. The quantitative estimate of drug-likeness (QED) is 0.708. The SMILES string of the molecule is C[NH+](C)Cc1ccccc1CNC(=O)c1ccc(-c2ccccc2)cc1. The highest BCUT2D eigenvalue weighted by Gasteiger charge is 2.09. The average Bonchev–Trinajstić information content (AvgIpc) is 2.67. The van der Waals surface area contributed by atoms with Gasteiger partial charge in [0.15, 0.2) is 0 Å². The fraction of sp³-hybridized carbons (Fsp3) is 0.174. The summed E-state index contributed by atoms with van der Waals surface area (Å²) < 4.78 is 0. The molecule has 0 saturated heterocycles. The minimum atomic E-state index is -0.0448. The second-order valence-corrected chi connectivity index (χ2v) is 6.78. The Hall–Kier alpha value is -2.91. The Balaban J connectivity index is 1.66. The molecule has 26 heavy (non-hydrogen) atoms. The Labute approximate surface area is 155 Å². The summed E-state index contributed by atoms with van der Waals surface area (Å²) in [5.74, 6) is -0.0448. The molecule has 3 aromatic carbocycles. The maximum absolute atomic E-state index is 12.5. The van der Waals surface area contributed by atoms with Gasteiger partial charge in [0, 0.05) is 17.7 Å². The van der Waals surface area contributed by atoms with Crippen LogP contribution in [0.2, 0.25) is 0 Å². The van der Waals surface area contributed by atoms with Gasteiger partial charge in [0.2, 0.25) is 0 Å². The number of hydrogen-bond acceptors (Lipinski definition) is 1. The normalized spacial score (nSPS) is 10.7. The summed E-state index contributed by atoms with van der Waals surface area (Å²) in [7, 11) is 4.26. The Morgan fingerprint density at radius 3 is 2.00 bits per heavy atom. The first-order valence-electron chi connectivity index (χ1n) is 8.93. The maximum Gasteiger partial charge on any atom is 0.251 e. The monoisotopic (exact) mass is 345 g/mol. The molecule has 3 heteroatoms. The van der Waals surface area contributed by atoms with Gasteiger partial charge < -0.3 is 10.2 Å². The maximum atomic E-state index is 12.5. The summed E-state index contributed by atoms with van der Waals surface area (Å²) in [4.78, 5) is 13.8. The molecule has 0 atom stereocenters. The molecule has 0 bridgehead atoms. The zero-order valence-corrected chi connectivity index (χ0v) is 15.3. The summed E-state index contributed by atoms with van der Waals surface area (Å²) in [6.07, 6.45) is 0. The molecule has 0 unspecified atom stereocenters. The van der Waals surface area contributed by atoms with Crippen molar-refractivity contribution in [3.8, 4) is 11.1 Å². The van der Waals surface area contributed by atoms with Crippen LogP contribution in [0.4, 0.5) is 0 Å². The first kappa shape index (κ1) is 17.9. The van der Waals surface area contributed by atoms with Crippen molar-refractivity contribution in [3.05, 3.63) is 95.6 Å². The summed E-state index contributed by atoms with van der Waals surface area (Å²) in [5.41, 5.74) is 5.39. The Morgan fingerprint density at radius 2 is 1.35 bits per heavy atom. The van der Waals surface area contributed by atoms with E-state index in [0.717, 1.165) is 17.7 Å². The fourth-order valence-electron chi connectivity index (χ4n) is 3.01. The van der Waals surface area contributed by atoms with E-state index >= 15 is 0 Å². The molecule has 0 aliphatic carbocycles. The van der Waals surface area contributed by atoms with Crippen LogP contribution in [0.5, 0.6) is 0 Å². The minimum absolute atomic E-state index is 0.0448. The minimum Gasteiger partial charge on any atom is -0.348 e. The van der Waals surface area contributed by atoms with Gasteiger partial charge in [0.25, 0.3) is 5.91 Å². The molecule has 2 N–H and O–H groups in total. The zero-order chi connectivity index (χ0) is 18.4. The molecule has 3 nitrogen and oxygen atoms in total. The lowest BCUT2D eigenvalue weighted by Crippen LogP contribution is -3.04. The van der Waals surface area contributed by atoms with Gasteiger partial charge >= 0.3 is 0 Å². The van der Waals surface area contributed by atoms with E-state index in [9.17, 15) is 4.79 Å². The standard InChI is InChI=1S/C23H24N2O/c1-25(2)17-22-11-7-6-10-21(22)16-24-23(26)20-14-12-19(13-15-20)18-8-4-3-5-9-18/h3-15H,16-17H2,1-2H3,(H,24,26)/p+1.